The molecule has 2 nitrogen and oxygen atoms in total. The van der Waals surface area contributed by atoms with E-state index in [0.717, 1.165) is 40.8 Å². The zero-order chi connectivity index (χ0) is 14.0. The Morgan fingerprint density at radius 3 is 2.68 bits per heavy atom. The zero-order valence-corrected chi connectivity index (χ0v) is 12.1. The Morgan fingerprint density at radius 1 is 1.32 bits per heavy atom. The van der Waals surface area contributed by atoms with Crippen molar-refractivity contribution in [1.29, 1.82) is 0 Å². The molecular formula is C16H22FNO. The molecule has 0 amide bonds. The molecule has 0 atom stereocenters. The molecule has 1 N–H and O–H groups in total. The Labute approximate surface area is 114 Å². The van der Waals surface area contributed by atoms with E-state index in [1.807, 2.05) is 6.92 Å². The summed E-state index contributed by atoms with van der Waals surface area (Å²) in [6.45, 7) is 9.89. The number of benzene rings is 1. The summed E-state index contributed by atoms with van der Waals surface area (Å²) >= 11 is 0. The molecule has 0 fully saturated rings. The largest absolute Gasteiger partial charge is 0.459 e. The van der Waals surface area contributed by atoms with Gasteiger partial charge in [0.25, 0.3) is 0 Å². The second-order valence-electron chi connectivity index (χ2n) is 5.48. The van der Waals surface area contributed by atoms with Gasteiger partial charge < -0.3 is 9.73 Å². The molecule has 0 aliphatic heterocycles. The molecule has 0 radical (unpaired) electrons. The van der Waals surface area contributed by atoms with E-state index in [1.165, 1.54) is 6.07 Å². The van der Waals surface area contributed by atoms with Crippen molar-refractivity contribution in [3.05, 3.63) is 34.8 Å². The summed E-state index contributed by atoms with van der Waals surface area (Å²) in [5.41, 5.74) is 2.83. The van der Waals surface area contributed by atoms with Crippen LogP contribution >= 0.6 is 0 Å². The number of hydrogen-bond donors (Lipinski definition) is 1. The molecule has 0 saturated carbocycles. The molecule has 1 heterocycles. The molecule has 2 rings (SSSR count). The average molecular weight is 263 g/mol. The van der Waals surface area contributed by atoms with Gasteiger partial charge in [0.15, 0.2) is 0 Å². The number of furan rings is 1. The number of hydrogen-bond acceptors (Lipinski definition) is 2. The highest BCUT2D eigenvalue weighted by Crippen LogP contribution is 2.31. The third kappa shape index (κ3) is 2.98. The predicted octanol–water partition coefficient (Wildman–Crippen LogP) is 4.19. The third-order valence-electron chi connectivity index (χ3n) is 3.27. The van der Waals surface area contributed by atoms with E-state index >= 15 is 0 Å². The van der Waals surface area contributed by atoms with Crippen LogP contribution in [0.15, 0.2) is 16.5 Å². The number of halogens is 1. The SMILES string of the molecule is CCNCc1oc2c(C)cc(F)cc2c1CC(C)C. The molecule has 0 bridgehead atoms. The van der Waals surface area contributed by atoms with Crippen molar-refractivity contribution in [2.24, 2.45) is 5.92 Å². The monoisotopic (exact) mass is 263 g/mol. The lowest BCUT2D eigenvalue weighted by molar-refractivity contribution is 0.505. The summed E-state index contributed by atoms with van der Waals surface area (Å²) in [5, 5.41) is 4.22. The van der Waals surface area contributed by atoms with Crippen molar-refractivity contribution in [2.75, 3.05) is 6.54 Å². The first-order chi connectivity index (χ1) is 9.02. The lowest BCUT2D eigenvalue weighted by Gasteiger charge is -2.06. The minimum absolute atomic E-state index is 0.189. The lowest BCUT2D eigenvalue weighted by Crippen LogP contribution is -2.12. The molecule has 0 spiro atoms. The van der Waals surface area contributed by atoms with Crippen LogP contribution in [0.3, 0.4) is 0 Å². The van der Waals surface area contributed by atoms with Crippen molar-refractivity contribution < 1.29 is 8.81 Å². The van der Waals surface area contributed by atoms with E-state index in [-0.39, 0.29) is 5.82 Å². The maximum Gasteiger partial charge on any atom is 0.137 e. The average Bonchev–Trinajstić information content (AvgIpc) is 2.65. The van der Waals surface area contributed by atoms with E-state index < -0.39 is 0 Å². The Balaban J connectivity index is 2.56. The molecule has 1 aromatic carbocycles. The summed E-state index contributed by atoms with van der Waals surface area (Å²) in [6, 6.07) is 3.13. The fourth-order valence-electron chi connectivity index (χ4n) is 2.44. The molecule has 2 aromatic rings. The van der Waals surface area contributed by atoms with Gasteiger partial charge in [-0.3, -0.25) is 0 Å². The van der Waals surface area contributed by atoms with E-state index in [4.69, 9.17) is 4.42 Å². The van der Waals surface area contributed by atoms with Crippen LogP contribution in [-0.2, 0) is 13.0 Å². The van der Waals surface area contributed by atoms with Crippen LogP contribution in [0.25, 0.3) is 11.0 Å². The van der Waals surface area contributed by atoms with Crippen molar-refractivity contribution in [3.8, 4) is 0 Å². The molecule has 0 aliphatic carbocycles. The van der Waals surface area contributed by atoms with Crippen LogP contribution in [0.4, 0.5) is 4.39 Å². The van der Waals surface area contributed by atoms with Gasteiger partial charge in [0.2, 0.25) is 0 Å². The van der Waals surface area contributed by atoms with Gasteiger partial charge in [0, 0.05) is 10.9 Å². The summed E-state index contributed by atoms with van der Waals surface area (Å²) in [5.74, 6) is 1.27. The van der Waals surface area contributed by atoms with Gasteiger partial charge in [-0.2, -0.15) is 0 Å². The number of fused-ring (bicyclic) bond motifs is 1. The molecule has 19 heavy (non-hydrogen) atoms. The van der Waals surface area contributed by atoms with E-state index in [9.17, 15) is 4.39 Å². The van der Waals surface area contributed by atoms with Gasteiger partial charge in [0.1, 0.15) is 17.2 Å². The normalized spacial score (nSPS) is 11.7. The Kier molecular flexibility index (Phi) is 4.25. The molecule has 3 heteroatoms. The minimum atomic E-state index is -0.189. The van der Waals surface area contributed by atoms with Gasteiger partial charge in [-0.1, -0.05) is 20.8 Å². The summed E-state index contributed by atoms with van der Waals surface area (Å²) in [4.78, 5) is 0. The number of rotatable bonds is 5. The topological polar surface area (TPSA) is 25.2 Å². The number of aryl methyl sites for hydroxylation is 1. The lowest BCUT2D eigenvalue weighted by atomic mass is 9.99. The van der Waals surface area contributed by atoms with Crippen LogP contribution in [0, 0.1) is 18.7 Å². The summed E-state index contributed by atoms with van der Waals surface area (Å²) in [6.07, 6.45) is 0.913. The van der Waals surface area contributed by atoms with Gasteiger partial charge in [-0.25, -0.2) is 4.39 Å². The highest BCUT2D eigenvalue weighted by atomic mass is 19.1. The molecule has 104 valence electrons. The van der Waals surface area contributed by atoms with Gasteiger partial charge in [-0.15, -0.1) is 0 Å². The highest BCUT2D eigenvalue weighted by Gasteiger charge is 2.17. The Hall–Kier alpha value is -1.35. The smallest absolute Gasteiger partial charge is 0.137 e. The quantitative estimate of drug-likeness (QED) is 0.875. The van der Waals surface area contributed by atoms with E-state index in [0.29, 0.717) is 12.5 Å². The fraction of sp³-hybridized carbons (Fsp3) is 0.500. The third-order valence-corrected chi connectivity index (χ3v) is 3.27. The van der Waals surface area contributed by atoms with Crippen LogP contribution in [0.5, 0.6) is 0 Å². The standard InChI is InChI=1S/C16H22FNO/c1-5-18-9-15-13(6-10(2)3)14-8-12(17)7-11(4)16(14)19-15/h7-8,10,18H,5-6,9H2,1-4H3. The Bertz CT molecular complexity index is 572. The first-order valence-corrected chi connectivity index (χ1v) is 6.94. The first-order valence-electron chi connectivity index (χ1n) is 6.94. The molecule has 0 unspecified atom stereocenters. The summed E-state index contributed by atoms with van der Waals surface area (Å²) in [7, 11) is 0. The minimum Gasteiger partial charge on any atom is -0.459 e. The number of nitrogens with one attached hydrogen (secondary N) is 1. The van der Waals surface area contributed by atoms with Crippen LogP contribution < -0.4 is 5.32 Å². The van der Waals surface area contributed by atoms with Crippen molar-refractivity contribution in [3.63, 3.8) is 0 Å². The van der Waals surface area contributed by atoms with Gasteiger partial charge in [-0.05, 0) is 43.5 Å². The molecule has 1 aromatic heterocycles. The molecule has 0 aliphatic rings. The second kappa shape index (κ2) is 5.74. The van der Waals surface area contributed by atoms with Crippen LogP contribution in [0.2, 0.25) is 0 Å². The maximum absolute atomic E-state index is 13.6. The Morgan fingerprint density at radius 2 is 2.05 bits per heavy atom. The molecular weight excluding hydrogens is 241 g/mol. The highest BCUT2D eigenvalue weighted by molar-refractivity contribution is 5.85. The van der Waals surface area contributed by atoms with Crippen molar-refractivity contribution in [2.45, 2.75) is 40.7 Å². The predicted molar refractivity (Wildman–Crippen MR) is 76.8 cm³/mol. The first kappa shape index (κ1) is 14.1. The maximum atomic E-state index is 13.6. The van der Waals surface area contributed by atoms with Crippen molar-refractivity contribution in [1.82, 2.24) is 5.32 Å². The van der Waals surface area contributed by atoms with E-state index in [2.05, 4.69) is 26.1 Å². The zero-order valence-electron chi connectivity index (χ0n) is 12.1. The van der Waals surface area contributed by atoms with E-state index in [1.54, 1.807) is 6.07 Å². The summed E-state index contributed by atoms with van der Waals surface area (Å²) < 4.78 is 19.6. The van der Waals surface area contributed by atoms with Crippen molar-refractivity contribution >= 4 is 11.0 Å². The second-order valence-corrected chi connectivity index (χ2v) is 5.48. The molecule has 0 saturated heterocycles. The van der Waals surface area contributed by atoms with Gasteiger partial charge >= 0.3 is 0 Å². The van der Waals surface area contributed by atoms with Crippen LogP contribution in [0.1, 0.15) is 37.7 Å². The fourth-order valence-corrected chi connectivity index (χ4v) is 2.44. The van der Waals surface area contributed by atoms with Gasteiger partial charge in [0.05, 0.1) is 6.54 Å². The van der Waals surface area contributed by atoms with Crippen LogP contribution in [-0.4, -0.2) is 6.54 Å².